The van der Waals surface area contributed by atoms with Gasteiger partial charge in [0.2, 0.25) is 0 Å². The summed E-state index contributed by atoms with van der Waals surface area (Å²) in [7, 11) is 0. The quantitative estimate of drug-likeness (QED) is 0.620. The van der Waals surface area contributed by atoms with Crippen LogP contribution in [-0.2, 0) is 4.84 Å². The Labute approximate surface area is 65.3 Å². The minimum Gasteiger partial charge on any atom is -0.285 e. The van der Waals surface area contributed by atoms with Crippen LogP contribution in [-0.4, -0.2) is 6.61 Å². The van der Waals surface area contributed by atoms with E-state index in [1.165, 1.54) is 5.56 Å². The third-order valence-corrected chi connectivity index (χ3v) is 1.76. The van der Waals surface area contributed by atoms with Crippen molar-refractivity contribution in [3.05, 3.63) is 35.9 Å². The lowest BCUT2D eigenvalue weighted by atomic mass is 10.1. The molecule has 1 aromatic carbocycles. The predicted molar refractivity (Wildman–Crippen MR) is 41.4 cm³/mol. The number of nitrogens with one attached hydrogen (secondary N) is 2. The molecule has 1 saturated heterocycles. The van der Waals surface area contributed by atoms with Crippen molar-refractivity contribution in [1.29, 1.82) is 0 Å². The van der Waals surface area contributed by atoms with Crippen molar-refractivity contribution in [1.82, 2.24) is 11.0 Å². The maximum atomic E-state index is 4.95. The van der Waals surface area contributed by atoms with Crippen LogP contribution in [0.4, 0.5) is 0 Å². The first-order valence-electron chi connectivity index (χ1n) is 3.64. The highest BCUT2D eigenvalue weighted by molar-refractivity contribution is 5.18. The van der Waals surface area contributed by atoms with Gasteiger partial charge >= 0.3 is 0 Å². The number of hydrogen-bond donors (Lipinski definition) is 2. The molecule has 1 fully saturated rings. The van der Waals surface area contributed by atoms with Gasteiger partial charge in [-0.25, -0.2) is 5.43 Å². The highest BCUT2D eigenvalue weighted by Gasteiger charge is 2.15. The fourth-order valence-corrected chi connectivity index (χ4v) is 1.14. The predicted octanol–water partition coefficient (Wildman–Crippen LogP) is 0.767. The summed E-state index contributed by atoms with van der Waals surface area (Å²) in [6.45, 7) is 0.685. The van der Waals surface area contributed by atoms with Crippen LogP contribution in [0.5, 0.6) is 0 Å². The van der Waals surface area contributed by atoms with E-state index in [0.29, 0.717) is 6.61 Å². The lowest BCUT2D eigenvalue weighted by molar-refractivity contribution is 0.0846. The molecule has 3 heteroatoms. The number of benzene rings is 1. The minimum absolute atomic E-state index is 0.288. The maximum Gasteiger partial charge on any atom is 0.0907 e. The molecule has 0 radical (unpaired) electrons. The Hall–Kier alpha value is -0.900. The van der Waals surface area contributed by atoms with Gasteiger partial charge in [0.05, 0.1) is 12.6 Å². The molecule has 2 rings (SSSR count). The maximum absolute atomic E-state index is 4.95. The minimum atomic E-state index is 0.288. The van der Waals surface area contributed by atoms with Gasteiger partial charge in [-0.1, -0.05) is 30.3 Å². The Morgan fingerprint density at radius 1 is 1.27 bits per heavy atom. The summed E-state index contributed by atoms with van der Waals surface area (Å²) in [5.41, 5.74) is 6.87. The lowest BCUT2D eigenvalue weighted by Crippen LogP contribution is -2.23. The zero-order chi connectivity index (χ0) is 7.52. The standard InChI is InChI=1S/C8H10N2O/c1-2-4-7(5-3-1)8-6-11-10-9-8/h1-5,8-10H,6H2. The van der Waals surface area contributed by atoms with Gasteiger partial charge in [0.1, 0.15) is 0 Å². The van der Waals surface area contributed by atoms with Gasteiger partial charge in [0.15, 0.2) is 0 Å². The summed E-state index contributed by atoms with van der Waals surface area (Å²) in [6, 6.07) is 10.5. The van der Waals surface area contributed by atoms with E-state index in [4.69, 9.17) is 4.84 Å². The molecule has 1 aliphatic heterocycles. The molecular weight excluding hydrogens is 140 g/mol. The topological polar surface area (TPSA) is 33.3 Å². The molecule has 0 saturated carbocycles. The van der Waals surface area contributed by atoms with Crippen LogP contribution in [0.3, 0.4) is 0 Å². The summed E-state index contributed by atoms with van der Waals surface area (Å²) in [5.74, 6) is 0. The van der Waals surface area contributed by atoms with Crippen molar-refractivity contribution in [3.63, 3.8) is 0 Å². The number of hydrazine groups is 1. The van der Waals surface area contributed by atoms with E-state index in [1.807, 2.05) is 18.2 Å². The van der Waals surface area contributed by atoms with Crippen LogP contribution in [0.1, 0.15) is 11.6 Å². The normalized spacial score (nSPS) is 23.8. The summed E-state index contributed by atoms with van der Waals surface area (Å²) < 4.78 is 0. The molecular formula is C8H10N2O. The Bertz CT molecular complexity index is 219. The smallest absolute Gasteiger partial charge is 0.0907 e. The zero-order valence-corrected chi connectivity index (χ0v) is 6.08. The fourth-order valence-electron chi connectivity index (χ4n) is 1.14. The molecule has 1 atom stereocenters. The summed E-state index contributed by atoms with van der Waals surface area (Å²) in [6.07, 6.45) is 0. The van der Waals surface area contributed by atoms with Crippen LogP contribution in [0, 0.1) is 0 Å². The van der Waals surface area contributed by atoms with E-state index >= 15 is 0 Å². The molecule has 1 unspecified atom stereocenters. The monoisotopic (exact) mass is 150 g/mol. The second-order valence-corrected chi connectivity index (χ2v) is 2.52. The van der Waals surface area contributed by atoms with Gasteiger partial charge in [-0.15, -0.1) is 5.59 Å². The van der Waals surface area contributed by atoms with Gasteiger partial charge in [-0.3, -0.25) is 4.84 Å². The second kappa shape index (κ2) is 3.00. The van der Waals surface area contributed by atoms with E-state index in [-0.39, 0.29) is 6.04 Å². The molecule has 0 bridgehead atoms. The highest BCUT2D eigenvalue weighted by Crippen LogP contribution is 2.13. The lowest BCUT2D eigenvalue weighted by Gasteiger charge is -2.05. The summed E-state index contributed by atoms with van der Waals surface area (Å²) >= 11 is 0. The third-order valence-electron chi connectivity index (χ3n) is 1.76. The van der Waals surface area contributed by atoms with Crippen LogP contribution < -0.4 is 11.0 Å². The first kappa shape index (κ1) is 6.79. The highest BCUT2D eigenvalue weighted by atomic mass is 16.7. The Morgan fingerprint density at radius 3 is 2.73 bits per heavy atom. The molecule has 1 aromatic rings. The van der Waals surface area contributed by atoms with E-state index in [1.54, 1.807) is 0 Å². The zero-order valence-electron chi connectivity index (χ0n) is 6.08. The molecule has 1 aliphatic rings. The van der Waals surface area contributed by atoms with E-state index < -0.39 is 0 Å². The molecule has 3 nitrogen and oxygen atoms in total. The van der Waals surface area contributed by atoms with Crippen LogP contribution in [0.15, 0.2) is 30.3 Å². The largest absolute Gasteiger partial charge is 0.285 e. The number of rotatable bonds is 1. The molecule has 58 valence electrons. The van der Waals surface area contributed by atoms with Crippen molar-refractivity contribution >= 4 is 0 Å². The molecule has 11 heavy (non-hydrogen) atoms. The first-order valence-corrected chi connectivity index (χ1v) is 3.64. The fraction of sp³-hybridized carbons (Fsp3) is 0.250. The van der Waals surface area contributed by atoms with Gasteiger partial charge in [-0.2, -0.15) is 0 Å². The van der Waals surface area contributed by atoms with Crippen LogP contribution in [0.25, 0.3) is 0 Å². The molecule has 2 N–H and O–H groups in total. The average Bonchev–Trinajstić information content (AvgIpc) is 2.58. The van der Waals surface area contributed by atoms with Crippen molar-refractivity contribution in [2.24, 2.45) is 0 Å². The van der Waals surface area contributed by atoms with Gasteiger partial charge < -0.3 is 0 Å². The SMILES string of the molecule is c1ccc(C2CONN2)cc1. The Morgan fingerprint density at radius 2 is 2.09 bits per heavy atom. The molecule has 0 amide bonds. The molecule has 1 heterocycles. The average molecular weight is 150 g/mol. The van der Waals surface area contributed by atoms with Crippen LogP contribution >= 0.6 is 0 Å². The Kier molecular flexibility index (Phi) is 1.85. The summed E-state index contributed by atoms with van der Waals surface area (Å²) in [4.78, 5) is 4.95. The van der Waals surface area contributed by atoms with E-state index in [9.17, 15) is 0 Å². The van der Waals surface area contributed by atoms with Crippen molar-refractivity contribution in [3.8, 4) is 0 Å². The molecule has 0 aromatic heterocycles. The molecule has 0 spiro atoms. The van der Waals surface area contributed by atoms with Crippen molar-refractivity contribution in [2.75, 3.05) is 6.61 Å². The molecule has 0 aliphatic carbocycles. The van der Waals surface area contributed by atoms with Gasteiger partial charge in [-0.05, 0) is 5.56 Å². The first-order chi connectivity index (χ1) is 5.47. The summed E-state index contributed by atoms with van der Waals surface area (Å²) in [5, 5.41) is 0. The Balaban J connectivity index is 2.16. The van der Waals surface area contributed by atoms with Crippen molar-refractivity contribution < 1.29 is 4.84 Å². The number of hydrogen-bond acceptors (Lipinski definition) is 3. The van der Waals surface area contributed by atoms with Gasteiger partial charge in [0.25, 0.3) is 0 Å². The van der Waals surface area contributed by atoms with Gasteiger partial charge in [0, 0.05) is 0 Å². The van der Waals surface area contributed by atoms with E-state index in [2.05, 4.69) is 23.1 Å². The van der Waals surface area contributed by atoms with Crippen LogP contribution in [0.2, 0.25) is 0 Å². The van der Waals surface area contributed by atoms with Crippen molar-refractivity contribution in [2.45, 2.75) is 6.04 Å². The van der Waals surface area contributed by atoms with E-state index in [0.717, 1.165) is 0 Å². The second-order valence-electron chi connectivity index (χ2n) is 2.52. The third kappa shape index (κ3) is 1.40.